The van der Waals surface area contributed by atoms with Crippen molar-refractivity contribution in [2.75, 3.05) is 4.90 Å². The van der Waals surface area contributed by atoms with Gasteiger partial charge in [0.1, 0.15) is 0 Å². The maximum absolute atomic E-state index is 11.5. The molecule has 2 heterocycles. The lowest BCUT2D eigenvalue weighted by Gasteiger charge is -2.19. The van der Waals surface area contributed by atoms with E-state index in [4.69, 9.17) is 0 Å². The number of carbonyl (C=O) groups excluding carboxylic acids is 1. The summed E-state index contributed by atoms with van der Waals surface area (Å²) in [5.41, 5.74) is 0.793. The molecule has 0 saturated carbocycles. The van der Waals surface area contributed by atoms with Crippen LogP contribution in [0.15, 0.2) is 12.4 Å². The number of carbonyl (C=O) groups is 1. The fourth-order valence-electron chi connectivity index (χ4n) is 1.56. The Morgan fingerprint density at radius 3 is 2.77 bits per heavy atom. The van der Waals surface area contributed by atoms with Gasteiger partial charge in [0, 0.05) is 18.4 Å². The van der Waals surface area contributed by atoms with Crippen molar-refractivity contribution < 1.29 is 4.79 Å². The molecule has 0 unspecified atom stereocenters. The normalized spacial score (nSPS) is 15.3. The van der Waals surface area contributed by atoms with E-state index in [0.29, 0.717) is 6.42 Å². The first kappa shape index (κ1) is 8.16. The summed E-state index contributed by atoms with van der Waals surface area (Å²) < 4.78 is 0. The molecule has 0 bridgehead atoms. The second kappa shape index (κ2) is 2.80. The Morgan fingerprint density at radius 2 is 2.08 bits per heavy atom. The van der Waals surface area contributed by atoms with Gasteiger partial charge in [0.2, 0.25) is 5.91 Å². The summed E-state index contributed by atoms with van der Waals surface area (Å²) >= 11 is 0. The van der Waals surface area contributed by atoms with Gasteiger partial charge < -0.3 is 0 Å². The lowest BCUT2D eigenvalue weighted by molar-refractivity contribution is -0.117. The Hall–Kier alpha value is -1.45. The molecule has 0 aromatic carbocycles. The summed E-state index contributed by atoms with van der Waals surface area (Å²) in [6.07, 6.45) is 3.63. The van der Waals surface area contributed by atoms with E-state index in [1.165, 1.54) is 0 Å². The topological polar surface area (TPSA) is 46.1 Å². The fraction of sp³-hybridized carbons (Fsp3) is 0.444. The maximum atomic E-state index is 11.5. The van der Waals surface area contributed by atoms with Crippen LogP contribution >= 0.6 is 0 Å². The number of amides is 1. The van der Waals surface area contributed by atoms with Crippen LogP contribution in [0.3, 0.4) is 0 Å². The first-order valence-electron chi connectivity index (χ1n) is 4.32. The highest BCUT2D eigenvalue weighted by molar-refractivity contribution is 5.99. The summed E-state index contributed by atoms with van der Waals surface area (Å²) in [5.74, 6) is 0.818. The molecule has 1 aliphatic rings. The van der Waals surface area contributed by atoms with E-state index in [1.54, 1.807) is 17.3 Å². The van der Waals surface area contributed by atoms with E-state index in [-0.39, 0.29) is 11.9 Å². The summed E-state index contributed by atoms with van der Waals surface area (Å²) in [6.45, 7) is 3.95. The van der Waals surface area contributed by atoms with Crippen molar-refractivity contribution in [3.63, 3.8) is 0 Å². The van der Waals surface area contributed by atoms with E-state index >= 15 is 0 Å². The van der Waals surface area contributed by atoms with E-state index < -0.39 is 0 Å². The highest BCUT2D eigenvalue weighted by Gasteiger charge is 2.31. The van der Waals surface area contributed by atoms with Crippen molar-refractivity contribution in [2.45, 2.75) is 26.3 Å². The Balaban J connectivity index is 2.46. The van der Waals surface area contributed by atoms with Gasteiger partial charge >= 0.3 is 0 Å². The van der Waals surface area contributed by atoms with Crippen LogP contribution < -0.4 is 4.90 Å². The first-order chi connectivity index (χ1) is 6.20. The Morgan fingerprint density at radius 1 is 1.38 bits per heavy atom. The van der Waals surface area contributed by atoms with Crippen molar-refractivity contribution in [2.24, 2.45) is 0 Å². The van der Waals surface area contributed by atoms with Gasteiger partial charge in [0.05, 0.1) is 12.1 Å². The minimum absolute atomic E-state index is 0.0937. The van der Waals surface area contributed by atoms with Crippen LogP contribution in [0.25, 0.3) is 0 Å². The lowest BCUT2D eigenvalue weighted by Crippen LogP contribution is -2.33. The zero-order valence-electron chi connectivity index (χ0n) is 7.69. The highest BCUT2D eigenvalue weighted by Crippen LogP contribution is 2.25. The zero-order valence-corrected chi connectivity index (χ0v) is 7.69. The molecule has 13 heavy (non-hydrogen) atoms. The van der Waals surface area contributed by atoms with Gasteiger partial charge in [0.25, 0.3) is 0 Å². The number of rotatable bonds is 1. The molecule has 0 aliphatic carbocycles. The van der Waals surface area contributed by atoms with Crippen LogP contribution in [-0.2, 0) is 11.2 Å². The molecule has 1 aromatic rings. The minimum Gasteiger partial charge on any atom is -0.292 e. The van der Waals surface area contributed by atoms with Gasteiger partial charge in [-0.15, -0.1) is 0 Å². The minimum atomic E-state index is 0.0937. The van der Waals surface area contributed by atoms with Crippen molar-refractivity contribution in [1.82, 2.24) is 9.97 Å². The molecule has 0 fully saturated rings. The summed E-state index contributed by atoms with van der Waals surface area (Å²) in [4.78, 5) is 21.5. The third-order valence-electron chi connectivity index (χ3n) is 2.08. The van der Waals surface area contributed by atoms with Crippen molar-refractivity contribution in [1.29, 1.82) is 0 Å². The third kappa shape index (κ3) is 1.18. The predicted molar refractivity (Wildman–Crippen MR) is 48.4 cm³/mol. The lowest BCUT2D eigenvalue weighted by atomic mass is 10.3. The van der Waals surface area contributed by atoms with Crippen LogP contribution in [0.1, 0.15) is 19.5 Å². The van der Waals surface area contributed by atoms with E-state index in [1.807, 2.05) is 13.8 Å². The summed E-state index contributed by atoms with van der Waals surface area (Å²) in [5, 5.41) is 0. The fourth-order valence-corrected chi connectivity index (χ4v) is 1.56. The molecule has 68 valence electrons. The van der Waals surface area contributed by atoms with Crippen LogP contribution in [0.5, 0.6) is 0 Å². The number of anilines is 1. The van der Waals surface area contributed by atoms with Gasteiger partial charge in [0.15, 0.2) is 5.82 Å². The summed E-state index contributed by atoms with van der Waals surface area (Å²) in [7, 11) is 0. The van der Waals surface area contributed by atoms with Gasteiger partial charge in [-0.2, -0.15) is 0 Å². The molecule has 2 rings (SSSR count). The molecular formula is C9H11N3O. The zero-order chi connectivity index (χ0) is 9.42. The molecule has 0 saturated heterocycles. The second-order valence-electron chi connectivity index (χ2n) is 3.36. The smallest absolute Gasteiger partial charge is 0.234 e. The van der Waals surface area contributed by atoms with Crippen LogP contribution in [0.2, 0.25) is 0 Å². The van der Waals surface area contributed by atoms with Crippen molar-refractivity contribution >= 4 is 11.7 Å². The van der Waals surface area contributed by atoms with Crippen LogP contribution in [0, 0.1) is 0 Å². The van der Waals surface area contributed by atoms with Crippen molar-refractivity contribution in [3.8, 4) is 0 Å². The van der Waals surface area contributed by atoms with Gasteiger partial charge in [-0.25, -0.2) is 4.98 Å². The number of aromatic nitrogens is 2. The molecule has 0 spiro atoms. The monoisotopic (exact) mass is 177 g/mol. The quantitative estimate of drug-likeness (QED) is 0.636. The maximum Gasteiger partial charge on any atom is 0.234 e. The van der Waals surface area contributed by atoms with Gasteiger partial charge in [-0.05, 0) is 13.8 Å². The molecule has 4 nitrogen and oxygen atoms in total. The number of fused-ring (bicyclic) bond motifs is 1. The highest BCUT2D eigenvalue weighted by atomic mass is 16.2. The molecule has 1 aliphatic heterocycles. The van der Waals surface area contributed by atoms with Crippen LogP contribution in [-0.4, -0.2) is 21.9 Å². The van der Waals surface area contributed by atoms with Crippen LogP contribution in [0.4, 0.5) is 5.82 Å². The van der Waals surface area contributed by atoms with Crippen molar-refractivity contribution in [3.05, 3.63) is 18.1 Å². The standard InChI is InChI=1S/C9H11N3O/c1-6(2)12-8(13)5-7-9(12)11-4-3-10-7/h3-4,6H,5H2,1-2H3. The van der Waals surface area contributed by atoms with Gasteiger partial charge in [-0.1, -0.05) is 0 Å². The average molecular weight is 177 g/mol. The third-order valence-corrected chi connectivity index (χ3v) is 2.08. The molecule has 1 aromatic heterocycles. The van der Waals surface area contributed by atoms with E-state index in [0.717, 1.165) is 11.5 Å². The van der Waals surface area contributed by atoms with E-state index in [9.17, 15) is 4.79 Å². The number of hydrogen-bond acceptors (Lipinski definition) is 3. The molecule has 0 radical (unpaired) electrons. The summed E-state index contributed by atoms with van der Waals surface area (Å²) in [6, 6.07) is 0.158. The van der Waals surface area contributed by atoms with E-state index in [2.05, 4.69) is 9.97 Å². The Labute approximate surface area is 76.6 Å². The molecule has 0 N–H and O–H groups in total. The average Bonchev–Trinajstić information content (AvgIpc) is 2.39. The molecular weight excluding hydrogens is 166 g/mol. The molecule has 0 atom stereocenters. The predicted octanol–water partition coefficient (Wildman–Crippen LogP) is 0.774. The second-order valence-corrected chi connectivity index (χ2v) is 3.36. The largest absolute Gasteiger partial charge is 0.292 e. The van der Waals surface area contributed by atoms with Gasteiger partial charge in [-0.3, -0.25) is 14.7 Å². The molecule has 1 amide bonds. The first-order valence-corrected chi connectivity index (χ1v) is 4.32. The Bertz CT molecular complexity index is 348. The SMILES string of the molecule is CC(C)N1C(=O)Cc2nccnc21. The number of nitrogens with zero attached hydrogens (tertiary/aromatic N) is 3. The number of hydrogen-bond donors (Lipinski definition) is 0. The molecule has 4 heteroatoms. The Kier molecular flexibility index (Phi) is 1.76.